The first kappa shape index (κ1) is 27.2. The van der Waals surface area contributed by atoms with E-state index >= 15 is 0 Å². The molecule has 3 aromatic rings. The molecule has 38 heavy (non-hydrogen) atoms. The molecule has 0 aliphatic heterocycles. The molecule has 0 aromatic heterocycles. The Morgan fingerprint density at radius 1 is 0.684 bits per heavy atom. The third-order valence-corrected chi connectivity index (χ3v) is 8.40. The Labute approximate surface area is 215 Å². The molecule has 8 N–H and O–H groups in total. The van der Waals surface area contributed by atoms with Crippen molar-refractivity contribution < 1.29 is 48.5 Å². The molecule has 200 valence electrons. The molecule has 4 rings (SSSR count). The second kappa shape index (κ2) is 8.58. The second-order valence-corrected chi connectivity index (χ2v) is 12.4. The van der Waals surface area contributed by atoms with Crippen LogP contribution in [0.5, 0.6) is 0 Å². The van der Waals surface area contributed by atoms with Crippen LogP contribution < -0.4 is 16.8 Å². The minimum Gasteiger partial charge on any atom is -0.398 e. The van der Waals surface area contributed by atoms with Crippen LogP contribution in [-0.2, 0) is 30.4 Å². The van der Waals surface area contributed by atoms with Gasteiger partial charge in [-0.3, -0.25) is 23.2 Å². The van der Waals surface area contributed by atoms with Crippen LogP contribution in [0.1, 0.15) is 37.4 Å². The van der Waals surface area contributed by atoms with Gasteiger partial charge in [-0.2, -0.15) is 25.3 Å². The number of nitrogen functional groups attached to an aromatic ring is 2. The molecule has 0 radical (unpaired) electrons. The Kier molecular flexibility index (Phi) is 6.14. The summed E-state index contributed by atoms with van der Waals surface area (Å²) in [5.41, 5.74) is 8.13. The highest BCUT2D eigenvalue weighted by Gasteiger charge is 2.37. The minimum atomic E-state index is -5.07. The fraction of sp³-hybridized carbons (Fsp3) is 0.0476. The van der Waals surface area contributed by atoms with Gasteiger partial charge in [0.1, 0.15) is 9.79 Å². The van der Waals surface area contributed by atoms with Crippen molar-refractivity contribution in [2.24, 2.45) is 0 Å². The molecule has 0 fully saturated rings. The predicted molar refractivity (Wildman–Crippen MR) is 132 cm³/mol. The molecule has 0 saturated carbocycles. The summed E-state index contributed by atoms with van der Waals surface area (Å²) in [7, 11) is -14.7. The number of benzene rings is 3. The van der Waals surface area contributed by atoms with Crippen LogP contribution in [0.3, 0.4) is 0 Å². The zero-order valence-corrected chi connectivity index (χ0v) is 21.4. The molecule has 0 amide bonds. The van der Waals surface area contributed by atoms with Crippen LogP contribution in [0.4, 0.5) is 22.7 Å². The van der Waals surface area contributed by atoms with Gasteiger partial charge >= 0.3 is 0 Å². The lowest BCUT2D eigenvalue weighted by atomic mass is 9.82. The number of anilines is 4. The number of hydrogen-bond donors (Lipinski definition) is 6. The molecule has 17 heteroatoms. The van der Waals surface area contributed by atoms with Crippen LogP contribution in [0.2, 0.25) is 0 Å². The number of rotatable bonds is 5. The van der Waals surface area contributed by atoms with Crippen molar-refractivity contribution >= 4 is 64.7 Å². The number of nitrogens with one attached hydrogen (secondary N) is 1. The Morgan fingerprint density at radius 2 is 1.24 bits per heavy atom. The van der Waals surface area contributed by atoms with Gasteiger partial charge in [0.05, 0.1) is 33.1 Å². The Bertz CT molecular complexity index is 1930. The molecule has 3 aromatic carbocycles. The maximum Gasteiger partial charge on any atom is 0.296 e. The Morgan fingerprint density at radius 3 is 1.79 bits per heavy atom. The average Bonchev–Trinajstić information content (AvgIpc) is 2.77. The van der Waals surface area contributed by atoms with E-state index in [0.717, 1.165) is 36.4 Å². The van der Waals surface area contributed by atoms with Gasteiger partial charge in [-0.15, -0.1) is 0 Å². The molecule has 0 unspecified atom stereocenters. The molecular formula is C21H17N3O11S3. The van der Waals surface area contributed by atoms with Crippen molar-refractivity contribution in [2.75, 3.05) is 16.8 Å². The van der Waals surface area contributed by atoms with Crippen LogP contribution in [0.25, 0.3) is 0 Å². The van der Waals surface area contributed by atoms with Crippen molar-refractivity contribution in [3.05, 3.63) is 64.2 Å². The van der Waals surface area contributed by atoms with E-state index in [-0.39, 0.29) is 22.5 Å². The number of fused-ring (bicyclic) bond motifs is 2. The van der Waals surface area contributed by atoms with E-state index < -0.39 is 84.7 Å². The van der Waals surface area contributed by atoms with Gasteiger partial charge in [-0.25, -0.2) is 0 Å². The molecule has 14 nitrogen and oxygen atoms in total. The van der Waals surface area contributed by atoms with E-state index in [0.29, 0.717) is 0 Å². The van der Waals surface area contributed by atoms with Crippen molar-refractivity contribution in [3.63, 3.8) is 0 Å². The number of ketones is 2. The first-order valence-electron chi connectivity index (χ1n) is 10.1. The summed E-state index contributed by atoms with van der Waals surface area (Å²) >= 11 is 0. The zero-order chi connectivity index (χ0) is 28.5. The van der Waals surface area contributed by atoms with E-state index in [1.807, 2.05) is 0 Å². The summed E-state index contributed by atoms with van der Waals surface area (Å²) in [6.45, 7) is 1.45. The van der Waals surface area contributed by atoms with Gasteiger partial charge in [-0.1, -0.05) is 0 Å². The first-order valence-corrected chi connectivity index (χ1v) is 14.4. The fourth-order valence-electron chi connectivity index (χ4n) is 4.01. The monoisotopic (exact) mass is 583 g/mol. The Balaban J connectivity index is 2.05. The van der Waals surface area contributed by atoms with Gasteiger partial charge < -0.3 is 16.8 Å². The molecule has 0 spiro atoms. The molecule has 0 saturated heterocycles. The SMILES string of the molecule is Cc1cc(N)c(S(=O)(=O)O)cc1Nc1cc(S(=O)(=O)O)c(N)c2c1C(=O)c1cc(S(=O)(=O)O)ccc1C2=O. The smallest absolute Gasteiger partial charge is 0.296 e. The van der Waals surface area contributed by atoms with Gasteiger partial charge in [0, 0.05) is 16.8 Å². The highest BCUT2D eigenvalue weighted by molar-refractivity contribution is 7.86. The predicted octanol–water partition coefficient (Wildman–Crippen LogP) is 1.42. The third-order valence-electron chi connectivity index (χ3n) is 5.74. The van der Waals surface area contributed by atoms with Gasteiger partial charge in [-0.05, 0) is 48.9 Å². The standard InChI is InChI=1S/C21H17N3O11S3/c1-8-4-12(22)15(37(30,31)32)6-13(8)24-14-7-16(38(33,34)35)19(23)18-17(14)21(26)11-5-9(36(27,28)29)2-3-10(11)20(18)25/h2-7,24H,22-23H2,1H3,(H,27,28,29)(H,30,31,32)(H,33,34,35). The summed E-state index contributed by atoms with van der Waals surface area (Å²) < 4.78 is 99.3. The van der Waals surface area contributed by atoms with Crippen molar-refractivity contribution in [3.8, 4) is 0 Å². The van der Waals surface area contributed by atoms with Gasteiger partial charge in [0.15, 0.2) is 11.6 Å². The van der Waals surface area contributed by atoms with Crippen molar-refractivity contribution in [1.82, 2.24) is 0 Å². The zero-order valence-electron chi connectivity index (χ0n) is 19.0. The topological polar surface area (TPSA) is 261 Å². The molecule has 0 bridgehead atoms. The van der Waals surface area contributed by atoms with Crippen molar-refractivity contribution in [2.45, 2.75) is 21.6 Å². The van der Waals surface area contributed by atoms with Crippen LogP contribution >= 0.6 is 0 Å². The quantitative estimate of drug-likeness (QED) is 0.143. The second-order valence-electron chi connectivity index (χ2n) is 8.21. The lowest BCUT2D eigenvalue weighted by Gasteiger charge is -2.24. The Hall–Kier alpha value is -3.87. The minimum absolute atomic E-state index is 0.113. The van der Waals surface area contributed by atoms with Crippen molar-refractivity contribution in [1.29, 1.82) is 0 Å². The van der Waals surface area contributed by atoms with E-state index in [4.69, 9.17) is 11.5 Å². The first-order chi connectivity index (χ1) is 17.3. The summed E-state index contributed by atoms with van der Waals surface area (Å²) in [6.07, 6.45) is 0. The number of hydrogen-bond acceptors (Lipinski definition) is 11. The summed E-state index contributed by atoms with van der Waals surface area (Å²) in [4.78, 5) is 24.5. The molecular weight excluding hydrogens is 566 g/mol. The lowest BCUT2D eigenvalue weighted by Crippen LogP contribution is -2.25. The fourth-order valence-corrected chi connectivity index (χ4v) is 5.79. The van der Waals surface area contributed by atoms with Crippen LogP contribution in [-0.4, -0.2) is 50.5 Å². The van der Waals surface area contributed by atoms with Crippen LogP contribution in [0, 0.1) is 6.92 Å². The molecule has 1 aliphatic rings. The third kappa shape index (κ3) is 4.51. The van der Waals surface area contributed by atoms with E-state index in [2.05, 4.69) is 5.32 Å². The number of carbonyl (C=O) groups excluding carboxylic acids is 2. The van der Waals surface area contributed by atoms with E-state index in [1.54, 1.807) is 0 Å². The number of carbonyl (C=O) groups is 2. The number of aryl methyl sites for hydroxylation is 1. The van der Waals surface area contributed by atoms with E-state index in [9.17, 15) is 48.5 Å². The molecule has 1 aliphatic carbocycles. The largest absolute Gasteiger partial charge is 0.398 e. The summed E-state index contributed by atoms with van der Waals surface area (Å²) in [5.74, 6) is -2.02. The highest BCUT2D eigenvalue weighted by atomic mass is 32.2. The number of nitrogens with two attached hydrogens (primary N) is 2. The highest BCUT2D eigenvalue weighted by Crippen LogP contribution is 2.41. The summed E-state index contributed by atoms with van der Waals surface area (Å²) in [6, 6.07) is 5.28. The van der Waals surface area contributed by atoms with Gasteiger partial charge in [0.25, 0.3) is 30.4 Å². The average molecular weight is 584 g/mol. The lowest BCUT2D eigenvalue weighted by molar-refractivity contribution is 0.0980. The van der Waals surface area contributed by atoms with E-state index in [1.165, 1.54) is 6.92 Å². The van der Waals surface area contributed by atoms with Crippen LogP contribution in [0.15, 0.2) is 51.1 Å². The maximum atomic E-state index is 13.5. The normalized spacial score (nSPS) is 13.7. The molecule has 0 atom stereocenters. The van der Waals surface area contributed by atoms with Gasteiger partial charge in [0.2, 0.25) is 0 Å². The summed E-state index contributed by atoms with van der Waals surface area (Å²) in [5, 5.41) is 2.60. The molecule has 0 heterocycles. The maximum absolute atomic E-state index is 13.5.